The lowest BCUT2D eigenvalue weighted by Gasteiger charge is -2.15. The third kappa shape index (κ3) is 36.0. The van der Waals surface area contributed by atoms with Crippen LogP contribution in [0.5, 0.6) is 0 Å². The van der Waals surface area contributed by atoms with Crippen molar-refractivity contribution in [3.63, 3.8) is 0 Å². The van der Waals surface area contributed by atoms with E-state index in [0.717, 1.165) is 83.5 Å². The van der Waals surface area contributed by atoms with Crippen LogP contribution in [0.4, 0.5) is 0 Å². The lowest BCUT2D eigenvalue weighted by molar-refractivity contribution is -0.161. The summed E-state index contributed by atoms with van der Waals surface area (Å²) in [5.41, 5.74) is 0. The van der Waals surface area contributed by atoms with E-state index in [1.165, 1.54) is 51.4 Å². The van der Waals surface area contributed by atoms with E-state index in [9.17, 15) is 14.7 Å². The number of ether oxygens (including phenoxy) is 2. The fourth-order valence-corrected chi connectivity index (χ4v) is 4.87. The largest absolute Gasteiger partial charge is 0.462 e. The Labute approximate surface area is 289 Å². The van der Waals surface area contributed by atoms with E-state index in [1.807, 2.05) is 0 Å². The van der Waals surface area contributed by atoms with Crippen molar-refractivity contribution < 1.29 is 24.2 Å². The summed E-state index contributed by atoms with van der Waals surface area (Å²) in [7, 11) is 0. The van der Waals surface area contributed by atoms with Gasteiger partial charge < -0.3 is 14.6 Å². The van der Waals surface area contributed by atoms with Crippen LogP contribution in [0.2, 0.25) is 0 Å². The van der Waals surface area contributed by atoms with Gasteiger partial charge in [-0.1, -0.05) is 138 Å². The molecule has 0 saturated carbocycles. The standard InChI is InChI=1S/C42H70O5/c1-3-5-7-9-11-13-15-17-19-20-21-22-23-25-27-29-31-33-35-37-42(45)47-40(38-43)39-46-41(44)36-34-32-30-28-26-24-18-16-14-12-10-8-6-4-2/h5,7,11,13,16-19,21-22,25,27,40,43H,3-4,6,8-10,12,14-15,20,23-24,26,28-39H2,1-2H3/b7-5-,13-11-,18-16-,19-17-,22-21-,27-25-. The van der Waals surface area contributed by atoms with Crippen molar-refractivity contribution in [1.29, 1.82) is 0 Å². The molecular weight excluding hydrogens is 584 g/mol. The molecule has 0 bridgehead atoms. The SMILES string of the molecule is CC/C=C\C/C=C\C/C=C\C/C=C\C/C=C\CCCCCC(=O)OC(CO)COC(=O)CCCCCCC/C=C\CCCCCCC. The second kappa shape index (κ2) is 37.8. The molecule has 0 spiro atoms. The zero-order chi connectivity index (χ0) is 34.3. The van der Waals surface area contributed by atoms with Crippen molar-refractivity contribution in [2.24, 2.45) is 0 Å². The summed E-state index contributed by atoms with van der Waals surface area (Å²) in [6, 6.07) is 0. The summed E-state index contributed by atoms with van der Waals surface area (Å²) in [6.45, 7) is 3.96. The van der Waals surface area contributed by atoms with E-state index in [0.29, 0.717) is 12.8 Å². The van der Waals surface area contributed by atoms with Crippen molar-refractivity contribution in [3.8, 4) is 0 Å². The second-order valence-electron chi connectivity index (χ2n) is 12.3. The van der Waals surface area contributed by atoms with Crippen LogP contribution in [-0.4, -0.2) is 36.4 Å². The minimum absolute atomic E-state index is 0.0872. The van der Waals surface area contributed by atoms with E-state index in [2.05, 4.69) is 86.8 Å². The third-order valence-electron chi connectivity index (χ3n) is 7.73. The first kappa shape index (κ1) is 44.3. The highest BCUT2D eigenvalue weighted by Gasteiger charge is 2.16. The third-order valence-corrected chi connectivity index (χ3v) is 7.73. The second-order valence-corrected chi connectivity index (χ2v) is 12.3. The molecule has 0 aliphatic heterocycles. The molecule has 0 aromatic heterocycles. The first-order chi connectivity index (χ1) is 23.1. The lowest BCUT2D eigenvalue weighted by Crippen LogP contribution is -2.28. The van der Waals surface area contributed by atoms with Crippen molar-refractivity contribution in [1.82, 2.24) is 0 Å². The highest BCUT2D eigenvalue weighted by molar-refractivity contribution is 5.70. The molecule has 0 aliphatic carbocycles. The fourth-order valence-electron chi connectivity index (χ4n) is 4.87. The quantitative estimate of drug-likeness (QED) is 0.0433. The van der Waals surface area contributed by atoms with Gasteiger partial charge in [0, 0.05) is 12.8 Å². The van der Waals surface area contributed by atoms with Crippen LogP contribution in [0.1, 0.15) is 162 Å². The summed E-state index contributed by atoms with van der Waals surface area (Å²) in [6.07, 6.45) is 49.5. The Morgan fingerprint density at radius 3 is 1.43 bits per heavy atom. The van der Waals surface area contributed by atoms with Gasteiger partial charge in [-0.2, -0.15) is 0 Å². The Morgan fingerprint density at radius 1 is 0.511 bits per heavy atom. The van der Waals surface area contributed by atoms with Crippen molar-refractivity contribution >= 4 is 11.9 Å². The predicted molar refractivity (Wildman–Crippen MR) is 200 cm³/mol. The Bertz CT molecular complexity index is 879. The van der Waals surface area contributed by atoms with Crippen LogP contribution in [0.3, 0.4) is 0 Å². The summed E-state index contributed by atoms with van der Waals surface area (Å²) in [5, 5.41) is 9.54. The monoisotopic (exact) mass is 655 g/mol. The minimum atomic E-state index is -0.794. The molecule has 0 aromatic carbocycles. The first-order valence-electron chi connectivity index (χ1n) is 19.0. The van der Waals surface area contributed by atoms with Crippen LogP contribution >= 0.6 is 0 Å². The molecule has 0 aromatic rings. The molecular formula is C42H70O5. The molecule has 1 atom stereocenters. The number of carbonyl (C=O) groups is 2. The van der Waals surface area contributed by atoms with E-state index >= 15 is 0 Å². The Kier molecular flexibility index (Phi) is 35.7. The molecule has 0 radical (unpaired) electrons. The van der Waals surface area contributed by atoms with Gasteiger partial charge in [0.1, 0.15) is 6.61 Å². The van der Waals surface area contributed by atoms with Gasteiger partial charge >= 0.3 is 11.9 Å². The van der Waals surface area contributed by atoms with Gasteiger partial charge in [-0.3, -0.25) is 9.59 Å². The van der Waals surface area contributed by atoms with Crippen LogP contribution < -0.4 is 0 Å². The highest BCUT2D eigenvalue weighted by Crippen LogP contribution is 2.11. The van der Waals surface area contributed by atoms with E-state index in [4.69, 9.17) is 9.47 Å². The maximum Gasteiger partial charge on any atom is 0.306 e. The zero-order valence-corrected chi connectivity index (χ0v) is 30.3. The number of rotatable bonds is 33. The number of aliphatic hydroxyl groups is 1. The van der Waals surface area contributed by atoms with Gasteiger partial charge in [0.25, 0.3) is 0 Å². The summed E-state index contributed by atoms with van der Waals surface area (Å²) in [5.74, 6) is -0.645. The van der Waals surface area contributed by atoms with Gasteiger partial charge in [-0.25, -0.2) is 0 Å². The molecule has 0 aliphatic rings. The van der Waals surface area contributed by atoms with E-state index < -0.39 is 6.10 Å². The molecule has 5 heteroatoms. The number of aliphatic hydroxyl groups excluding tert-OH is 1. The molecule has 5 nitrogen and oxygen atoms in total. The Hall–Kier alpha value is -2.66. The maximum absolute atomic E-state index is 12.1. The summed E-state index contributed by atoms with van der Waals surface area (Å²) >= 11 is 0. The molecule has 0 rings (SSSR count). The number of hydrogen-bond donors (Lipinski definition) is 1. The van der Waals surface area contributed by atoms with Crippen molar-refractivity contribution in [2.45, 2.75) is 168 Å². The topological polar surface area (TPSA) is 72.8 Å². The molecule has 47 heavy (non-hydrogen) atoms. The Balaban J connectivity index is 3.68. The first-order valence-corrected chi connectivity index (χ1v) is 19.0. The van der Waals surface area contributed by atoms with Gasteiger partial charge in [-0.15, -0.1) is 0 Å². The number of esters is 2. The normalized spacial score (nSPS) is 13.0. The van der Waals surface area contributed by atoms with Crippen molar-refractivity contribution in [2.75, 3.05) is 13.2 Å². The number of unbranched alkanes of at least 4 members (excludes halogenated alkanes) is 13. The average molecular weight is 655 g/mol. The number of carbonyl (C=O) groups excluding carboxylic acids is 2. The molecule has 1 unspecified atom stereocenters. The van der Waals surface area contributed by atoms with E-state index in [1.54, 1.807) is 0 Å². The smallest absolute Gasteiger partial charge is 0.306 e. The number of hydrogen-bond acceptors (Lipinski definition) is 5. The highest BCUT2D eigenvalue weighted by atomic mass is 16.6. The van der Waals surface area contributed by atoms with Crippen molar-refractivity contribution in [3.05, 3.63) is 72.9 Å². The van der Waals surface area contributed by atoms with E-state index in [-0.39, 0.29) is 25.2 Å². The molecule has 0 heterocycles. The van der Waals surface area contributed by atoms with Gasteiger partial charge in [0.15, 0.2) is 6.10 Å². The summed E-state index contributed by atoms with van der Waals surface area (Å²) in [4.78, 5) is 24.2. The van der Waals surface area contributed by atoms with Crippen LogP contribution in [-0.2, 0) is 19.1 Å². The van der Waals surface area contributed by atoms with Gasteiger partial charge in [0.2, 0.25) is 0 Å². The zero-order valence-electron chi connectivity index (χ0n) is 30.3. The van der Waals surface area contributed by atoms with Crippen LogP contribution in [0.15, 0.2) is 72.9 Å². The predicted octanol–water partition coefficient (Wildman–Crippen LogP) is 11.8. The average Bonchev–Trinajstić information content (AvgIpc) is 3.07. The Morgan fingerprint density at radius 2 is 0.915 bits per heavy atom. The summed E-state index contributed by atoms with van der Waals surface area (Å²) < 4.78 is 10.6. The molecule has 268 valence electrons. The van der Waals surface area contributed by atoms with Gasteiger partial charge in [0.05, 0.1) is 6.61 Å². The molecule has 0 amide bonds. The molecule has 0 saturated heterocycles. The van der Waals surface area contributed by atoms with Crippen LogP contribution in [0.25, 0.3) is 0 Å². The lowest BCUT2D eigenvalue weighted by atomic mass is 10.1. The maximum atomic E-state index is 12.1. The fraction of sp³-hybridized carbons (Fsp3) is 0.667. The van der Waals surface area contributed by atoms with Crippen LogP contribution in [0, 0.1) is 0 Å². The molecule has 1 N–H and O–H groups in total. The molecule has 0 fully saturated rings. The van der Waals surface area contributed by atoms with Gasteiger partial charge in [-0.05, 0) is 83.5 Å². The number of allylic oxidation sites excluding steroid dienone is 12. The minimum Gasteiger partial charge on any atom is -0.462 e.